The van der Waals surface area contributed by atoms with Crippen LogP contribution in [-0.4, -0.2) is 25.2 Å². The van der Waals surface area contributed by atoms with Crippen LogP contribution in [0.15, 0.2) is 50.9 Å². The Morgan fingerprint density at radius 2 is 2.24 bits per heavy atom. The molecule has 0 amide bonds. The van der Waals surface area contributed by atoms with Crippen molar-refractivity contribution in [2.24, 2.45) is 0 Å². The van der Waals surface area contributed by atoms with Crippen LogP contribution in [0, 0.1) is 0 Å². The first kappa shape index (κ1) is 16.8. The van der Waals surface area contributed by atoms with Gasteiger partial charge < -0.3 is 10.1 Å². The van der Waals surface area contributed by atoms with Crippen LogP contribution in [0.4, 0.5) is 0 Å². The molecule has 0 aliphatic rings. The molecule has 1 aromatic heterocycles. The Hall–Kier alpha value is -0.590. The van der Waals surface area contributed by atoms with Gasteiger partial charge in [0.2, 0.25) is 0 Å². The maximum absolute atomic E-state index is 6.14. The molecule has 6 heteroatoms. The summed E-state index contributed by atoms with van der Waals surface area (Å²) >= 11 is 11.3. The van der Waals surface area contributed by atoms with Gasteiger partial charge in [-0.3, -0.25) is 0 Å². The first-order chi connectivity index (χ1) is 10.2. The van der Waals surface area contributed by atoms with Gasteiger partial charge in [0.05, 0.1) is 11.6 Å². The van der Waals surface area contributed by atoms with Gasteiger partial charge in [0, 0.05) is 35.8 Å². The lowest BCUT2D eigenvalue weighted by Gasteiger charge is -2.08. The van der Waals surface area contributed by atoms with Crippen LogP contribution in [0.3, 0.4) is 0 Å². The summed E-state index contributed by atoms with van der Waals surface area (Å²) in [7, 11) is 1.70. The molecule has 1 aromatic carbocycles. The topological polar surface area (TPSA) is 34.1 Å². The average molecular weight is 388 g/mol. The number of hydrogen-bond donors (Lipinski definition) is 1. The molecular weight excluding hydrogens is 372 g/mol. The predicted molar refractivity (Wildman–Crippen MR) is 91.1 cm³/mol. The van der Waals surface area contributed by atoms with Crippen LogP contribution in [0.5, 0.6) is 0 Å². The maximum Gasteiger partial charge on any atom is 0.119 e. The molecule has 0 aliphatic carbocycles. The molecule has 0 saturated carbocycles. The molecule has 0 unspecified atom stereocenters. The Balaban J connectivity index is 2.01. The number of benzene rings is 1. The fourth-order valence-corrected chi connectivity index (χ4v) is 3.38. The van der Waals surface area contributed by atoms with E-state index in [1.807, 2.05) is 12.1 Å². The zero-order chi connectivity index (χ0) is 15.1. The summed E-state index contributed by atoms with van der Waals surface area (Å²) in [4.78, 5) is 5.38. The molecule has 0 atom stereocenters. The van der Waals surface area contributed by atoms with Crippen molar-refractivity contribution in [3.05, 3.63) is 51.6 Å². The SMILES string of the molecule is COCCNCc1ccc(Sc2ncccc2Cl)c(Br)c1. The minimum Gasteiger partial charge on any atom is -0.383 e. The smallest absolute Gasteiger partial charge is 0.119 e. The highest BCUT2D eigenvalue weighted by Gasteiger charge is 2.07. The Morgan fingerprint density at radius 3 is 2.95 bits per heavy atom. The van der Waals surface area contributed by atoms with E-state index in [1.54, 1.807) is 25.1 Å². The van der Waals surface area contributed by atoms with Crippen molar-refractivity contribution in [2.45, 2.75) is 16.5 Å². The summed E-state index contributed by atoms with van der Waals surface area (Å²) in [5.41, 5.74) is 1.22. The van der Waals surface area contributed by atoms with Crippen molar-refractivity contribution in [1.82, 2.24) is 10.3 Å². The highest BCUT2D eigenvalue weighted by atomic mass is 79.9. The second kappa shape index (κ2) is 8.76. The Kier molecular flexibility index (Phi) is 6.99. The second-order valence-electron chi connectivity index (χ2n) is 4.33. The first-order valence-electron chi connectivity index (χ1n) is 6.47. The fraction of sp³-hybridized carbons (Fsp3) is 0.267. The molecule has 0 saturated heterocycles. The van der Waals surface area contributed by atoms with E-state index in [4.69, 9.17) is 16.3 Å². The molecule has 1 N–H and O–H groups in total. The van der Waals surface area contributed by atoms with Crippen LogP contribution in [0.2, 0.25) is 5.02 Å². The molecule has 0 radical (unpaired) electrons. The molecule has 0 bridgehead atoms. The van der Waals surface area contributed by atoms with E-state index < -0.39 is 0 Å². The molecule has 21 heavy (non-hydrogen) atoms. The second-order valence-corrected chi connectivity index (χ2v) is 6.62. The van der Waals surface area contributed by atoms with Gasteiger partial charge in [0.15, 0.2) is 0 Å². The van der Waals surface area contributed by atoms with Gasteiger partial charge in [-0.15, -0.1) is 0 Å². The zero-order valence-corrected chi connectivity index (χ0v) is 14.8. The quantitative estimate of drug-likeness (QED) is 0.715. The van der Waals surface area contributed by atoms with Crippen molar-refractivity contribution in [3.8, 4) is 0 Å². The molecule has 2 aromatic rings. The highest BCUT2D eigenvalue weighted by molar-refractivity contribution is 9.10. The van der Waals surface area contributed by atoms with E-state index in [0.717, 1.165) is 27.5 Å². The van der Waals surface area contributed by atoms with Crippen molar-refractivity contribution < 1.29 is 4.74 Å². The molecule has 0 spiro atoms. The molecular formula is C15H16BrClN2OS. The number of ether oxygens (including phenoxy) is 1. The van der Waals surface area contributed by atoms with Crippen LogP contribution in [0.25, 0.3) is 0 Å². The van der Waals surface area contributed by atoms with E-state index in [9.17, 15) is 0 Å². The summed E-state index contributed by atoms with van der Waals surface area (Å²) in [6.07, 6.45) is 1.75. The number of methoxy groups -OCH3 is 1. The number of aromatic nitrogens is 1. The van der Waals surface area contributed by atoms with E-state index in [1.165, 1.54) is 5.56 Å². The van der Waals surface area contributed by atoms with Crippen LogP contribution in [0.1, 0.15) is 5.56 Å². The molecule has 0 fully saturated rings. The lowest BCUT2D eigenvalue weighted by molar-refractivity contribution is 0.199. The van der Waals surface area contributed by atoms with Crippen LogP contribution < -0.4 is 5.32 Å². The summed E-state index contributed by atoms with van der Waals surface area (Å²) < 4.78 is 6.05. The molecule has 3 nitrogen and oxygen atoms in total. The van der Waals surface area contributed by atoms with Crippen molar-refractivity contribution >= 4 is 39.3 Å². The summed E-state index contributed by atoms with van der Waals surface area (Å²) in [6.45, 7) is 2.37. The van der Waals surface area contributed by atoms with Crippen molar-refractivity contribution in [1.29, 1.82) is 0 Å². The third-order valence-corrected chi connectivity index (χ3v) is 5.17. The van der Waals surface area contributed by atoms with E-state index in [2.05, 4.69) is 44.4 Å². The minimum atomic E-state index is 0.666. The third-order valence-electron chi connectivity index (χ3n) is 2.74. The van der Waals surface area contributed by atoms with Gasteiger partial charge in [0.25, 0.3) is 0 Å². The fourth-order valence-electron chi connectivity index (χ4n) is 1.69. The van der Waals surface area contributed by atoms with Gasteiger partial charge in [0.1, 0.15) is 5.03 Å². The van der Waals surface area contributed by atoms with Crippen molar-refractivity contribution in [3.63, 3.8) is 0 Å². The Bertz CT molecular complexity index is 598. The predicted octanol–water partition coefficient (Wildman–Crippen LogP) is 4.38. The van der Waals surface area contributed by atoms with Crippen molar-refractivity contribution in [2.75, 3.05) is 20.3 Å². The van der Waals surface area contributed by atoms with Crippen LogP contribution in [-0.2, 0) is 11.3 Å². The zero-order valence-electron chi connectivity index (χ0n) is 11.6. The number of rotatable bonds is 7. The summed E-state index contributed by atoms with van der Waals surface area (Å²) in [5.74, 6) is 0. The van der Waals surface area contributed by atoms with E-state index >= 15 is 0 Å². The molecule has 112 valence electrons. The number of hydrogen-bond acceptors (Lipinski definition) is 4. The monoisotopic (exact) mass is 386 g/mol. The van der Waals surface area contributed by atoms with E-state index in [-0.39, 0.29) is 0 Å². The lowest BCUT2D eigenvalue weighted by Crippen LogP contribution is -2.18. The maximum atomic E-state index is 6.14. The molecule has 0 aliphatic heterocycles. The summed E-state index contributed by atoms with van der Waals surface area (Å²) in [5, 5.41) is 4.80. The van der Waals surface area contributed by atoms with Gasteiger partial charge in [-0.25, -0.2) is 4.98 Å². The Labute approximate surface area is 142 Å². The normalized spacial score (nSPS) is 10.8. The largest absolute Gasteiger partial charge is 0.383 e. The number of pyridine rings is 1. The van der Waals surface area contributed by atoms with Gasteiger partial charge in [-0.05, 0) is 45.8 Å². The van der Waals surface area contributed by atoms with Gasteiger partial charge in [-0.1, -0.05) is 29.4 Å². The first-order valence-corrected chi connectivity index (χ1v) is 8.46. The standard InChI is InChI=1S/C15H16BrClN2OS/c1-20-8-7-18-10-11-4-5-14(12(16)9-11)21-15-13(17)3-2-6-19-15/h2-6,9,18H,7-8,10H2,1H3. The van der Waals surface area contributed by atoms with Crippen LogP contribution >= 0.6 is 39.3 Å². The average Bonchev–Trinajstić information content (AvgIpc) is 2.48. The van der Waals surface area contributed by atoms with E-state index in [0.29, 0.717) is 11.6 Å². The molecule has 2 rings (SSSR count). The third kappa shape index (κ3) is 5.27. The van der Waals surface area contributed by atoms with Gasteiger partial charge >= 0.3 is 0 Å². The van der Waals surface area contributed by atoms with Gasteiger partial charge in [-0.2, -0.15) is 0 Å². The number of nitrogens with one attached hydrogen (secondary N) is 1. The summed E-state index contributed by atoms with van der Waals surface area (Å²) in [6, 6.07) is 9.96. The number of halogens is 2. The number of nitrogens with zero attached hydrogens (tertiary/aromatic N) is 1. The highest BCUT2D eigenvalue weighted by Crippen LogP contribution is 2.36. The molecule has 1 heterocycles. The minimum absolute atomic E-state index is 0.666. The lowest BCUT2D eigenvalue weighted by atomic mass is 10.2. The Morgan fingerprint density at radius 1 is 1.38 bits per heavy atom.